The largest absolute Gasteiger partial charge is 0.366 e. The van der Waals surface area contributed by atoms with E-state index in [-0.39, 0.29) is 11.3 Å². The second-order valence-electron chi connectivity index (χ2n) is 5.69. The third kappa shape index (κ3) is 4.53. The van der Waals surface area contributed by atoms with Gasteiger partial charge in [0.15, 0.2) is 4.34 Å². The number of carbonyl (C=O) groups excluding carboxylic acids is 2. The molecule has 2 amide bonds. The maximum Gasteiger partial charge on any atom is 0.284 e. The van der Waals surface area contributed by atoms with Crippen LogP contribution in [0.4, 0.5) is 11.4 Å². The van der Waals surface area contributed by atoms with Crippen LogP contribution in [-0.2, 0) is 0 Å². The van der Waals surface area contributed by atoms with E-state index in [9.17, 15) is 19.7 Å². The SMILES string of the molecule is Cc1csc(Sc2ccc(C(=O)Nc3ccc(C(N)=O)cc3)cc2[N+](=O)[O-])n1. The molecule has 0 bridgehead atoms. The average molecular weight is 414 g/mol. The second kappa shape index (κ2) is 8.19. The molecule has 8 nitrogen and oxygen atoms in total. The van der Waals surface area contributed by atoms with Crippen LogP contribution < -0.4 is 11.1 Å². The zero-order chi connectivity index (χ0) is 20.3. The standard InChI is InChI=1S/C18H14N4O4S2/c1-10-9-27-18(20-10)28-15-7-4-12(8-14(15)22(25)26)17(24)21-13-5-2-11(3-6-13)16(19)23/h2-9H,1H3,(H2,19,23)(H,21,24). The summed E-state index contributed by atoms with van der Waals surface area (Å²) in [6.07, 6.45) is 0. The van der Waals surface area contributed by atoms with Crippen molar-refractivity contribution in [1.29, 1.82) is 0 Å². The van der Waals surface area contributed by atoms with Crippen molar-refractivity contribution >= 4 is 46.3 Å². The summed E-state index contributed by atoms with van der Waals surface area (Å²) in [5.74, 6) is -1.08. The predicted octanol–water partition coefficient (Wildman–Crippen LogP) is 3.86. The summed E-state index contributed by atoms with van der Waals surface area (Å²) < 4.78 is 0.687. The molecule has 0 fully saturated rings. The fourth-order valence-corrected chi connectivity index (χ4v) is 4.16. The molecule has 3 N–H and O–H groups in total. The number of anilines is 1. The maximum atomic E-state index is 12.4. The van der Waals surface area contributed by atoms with Crippen molar-refractivity contribution in [3.05, 3.63) is 74.8 Å². The monoisotopic (exact) mass is 414 g/mol. The van der Waals surface area contributed by atoms with Gasteiger partial charge < -0.3 is 11.1 Å². The average Bonchev–Trinajstić information content (AvgIpc) is 3.07. The number of thiazole rings is 1. The lowest BCUT2D eigenvalue weighted by molar-refractivity contribution is -0.387. The highest BCUT2D eigenvalue weighted by Gasteiger charge is 2.19. The van der Waals surface area contributed by atoms with Gasteiger partial charge >= 0.3 is 0 Å². The van der Waals surface area contributed by atoms with Gasteiger partial charge in [0, 0.05) is 34.0 Å². The molecule has 0 aliphatic heterocycles. The van der Waals surface area contributed by atoms with E-state index in [1.54, 1.807) is 0 Å². The number of rotatable bonds is 6. The van der Waals surface area contributed by atoms with E-state index in [0.29, 0.717) is 20.5 Å². The number of nitrogens with one attached hydrogen (secondary N) is 1. The molecule has 0 radical (unpaired) electrons. The Morgan fingerprint density at radius 3 is 2.43 bits per heavy atom. The van der Waals surface area contributed by atoms with Crippen LogP contribution in [0.15, 0.2) is 57.1 Å². The number of amides is 2. The number of nitro groups is 1. The van der Waals surface area contributed by atoms with Crippen LogP contribution in [-0.4, -0.2) is 21.7 Å². The van der Waals surface area contributed by atoms with Crippen molar-refractivity contribution in [1.82, 2.24) is 4.98 Å². The van der Waals surface area contributed by atoms with Crippen LogP contribution in [0.3, 0.4) is 0 Å². The van der Waals surface area contributed by atoms with Gasteiger partial charge in [-0.1, -0.05) is 11.8 Å². The van der Waals surface area contributed by atoms with E-state index in [4.69, 9.17) is 5.73 Å². The first-order valence-electron chi connectivity index (χ1n) is 7.93. The Kier molecular flexibility index (Phi) is 5.71. The number of primary amides is 1. The van der Waals surface area contributed by atoms with Crippen LogP contribution in [0.25, 0.3) is 0 Å². The summed E-state index contributed by atoms with van der Waals surface area (Å²) in [4.78, 5) is 39.1. The summed E-state index contributed by atoms with van der Waals surface area (Å²) in [5, 5.41) is 15.9. The summed E-state index contributed by atoms with van der Waals surface area (Å²) >= 11 is 2.58. The fraction of sp³-hybridized carbons (Fsp3) is 0.0556. The van der Waals surface area contributed by atoms with Gasteiger partial charge in [0.2, 0.25) is 5.91 Å². The first kappa shape index (κ1) is 19.5. The third-order valence-electron chi connectivity index (χ3n) is 3.64. The molecule has 2 aromatic carbocycles. The number of hydrogen-bond acceptors (Lipinski definition) is 7. The quantitative estimate of drug-likeness (QED) is 0.465. The number of carbonyl (C=O) groups is 2. The Bertz CT molecular complexity index is 1060. The first-order chi connectivity index (χ1) is 13.3. The molecule has 3 aromatic rings. The molecular weight excluding hydrogens is 400 g/mol. The van der Waals surface area contributed by atoms with Gasteiger partial charge in [-0.3, -0.25) is 19.7 Å². The number of nitro benzene ring substituents is 1. The predicted molar refractivity (Wildman–Crippen MR) is 107 cm³/mol. The van der Waals surface area contributed by atoms with Crippen LogP contribution in [0, 0.1) is 17.0 Å². The third-order valence-corrected chi connectivity index (χ3v) is 5.76. The topological polar surface area (TPSA) is 128 Å². The minimum absolute atomic E-state index is 0.144. The molecule has 1 aromatic heterocycles. The second-order valence-corrected chi connectivity index (χ2v) is 7.84. The number of benzene rings is 2. The molecule has 142 valence electrons. The Morgan fingerprint density at radius 2 is 1.86 bits per heavy atom. The number of hydrogen-bond donors (Lipinski definition) is 2. The maximum absolute atomic E-state index is 12.4. The number of nitrogens with two attached hydrogens (primary N) is 1. The van der Waals surface area contributed by atoms with E-state index in [1.807, 2.05) is 12.3 Å². The Hall–Kier alpha value is -3.24. The van der Waals surface area contributed by atoms with Crippen LogP contribution >= 0.6 is 23.1 Å². The first-order valence-corrected chi connectivity index (χ1v) is 9.63. The van der Waals surface area contributed by atoms with E-state index in [1.165, 1.54) is 65.6 Å². The lowest BCUT2D eigenvalue weighted by Gasteiger charge is -2.07. The smallest absolute Gasteiger partial charge is 0.284 e. The molecule has 0 saturated heterocycles. The van der Waals surface area contributed by atoms with Crippen LogP contribution in [0.5, 0.6) is 0 Å². The molecule has 3 rings (SSSR count). The van der Waals surface area contributed by atoms with Crippen molar-refractivity contribution in [2.45, 2.75) is 16.2 Å². The number of aryl methyl sites for hydroxylation is 1. The summed E-state index contributed by atoms with van der Waals surface area (Å²) in [7, 11) is 0. The summed E-state index contributed by atoms with van der Waals surface area (Å²) in [6.45, 7) is 1.85. The molecular formula is C18H14N4O4S2. The van der Waals surface area contributed by atoms with E-state index in [2.05, 4.69) is 10.3 Å². The van der Waals surface area contributed by atoms with Gasteiger partial charge in [-0.05, 0) is 43.3 Å². The van der Waals surface area contributed by atoms with Gasteiger partial charge in [-0.15, -0.1) is 11.3 Å². The van der Waals surface area contributed by atoms with Crippen LogP contribution in [0.2, 0.25) is 0 Å². The number of nitrogens with zero attached hydrogens (tertiary/aromatic N) is 2. The van der Waals surface area contributed by atoms with Crippen molar-refractivity contribution in [3.8, 4) is 0 Å². The highest BCUT2D eigenvalue weighted by Crippen LogP contribution is 2.36. The van der Waals surface area contributed by atoms with Crippen molar-refractivity contribution in [2.75, 3.05) is 5.32 Å². The van der Waals surface area contributed by atoms with Crippen molar-refractivity contribution < 1.29 is 14.5 Å². The zero-order valence-corrected chi connectivity index (χ0v) is 16.2. The lowest BCUT2D eigenvalue weighted by atomic mass is 10.1. The molecule has 1 heterocycles. The fourth-order valence-electron chi connectivity index (χ4n) is 2.28. The molecule has 0 saturated carbocycles. The van der Waals surface area contributed by atoms with Gasteiger partial charge in [-0.25, -0.2) is 4.98 Å². The minimum Gasteiger partial charge on any atom is -0.366 e. The molecule has 0 atom stereocenters. The molecule has 0 aliphatic carbocycles. The minimum atomic E-state index is -0.572. The molecule has 0 aliphatic rings. The van der Waals surface area contributed by atoms with E-state index in [0.717, 1.165) is 5.69 Å². The molecule has 0 unspecified atom stereocenters. The van der Waals surface area contributed by atoms with Gasteiger partial charge in [-0.2, -0.15) is 0 Å². The van der Waals surface area contributed by atoms with Crippen molar-refractivity contribution in [2.24, 2.45) is 5.73 Å². The lowest BCUT2D eigenvalue weighted by Crippen LogP contribution is -2.13. The Balaban J connectivity index is 1.81. The summed E-state index contributed by atoms with van der Waals surface area (Å²) in [6, 6.07) is 10.3. The molecule has 0 spiro atoms. The van der Waals surface area contributed by atoms with E-state index < -0.39 is 16.7 Å². The normalized spacial score (nSPS) is 10.5. The molecule has 10 heteroatoms. The highest BCUT2D eigenvalue weighted by molar-refractivity contribution is 8.01. The Morgan fingerprint density at radius 1 is 1.18 bits per heavy atom. The van der Waals surface area contributed by atoms with Crippen LogP contribution in [0.1, 0.15) is 26.4 Å². The van der Waals surface area contributed by atoms with Crippen molar-refractivity contribution in [3.63, 3.8) is 0 Å². The zero-order valence-electron chi connectivity index (χ0n) is 14.5. The summed E-state index contributed by atoms with van der Waals surface area (Å²) in [5.41, 5.74) is 6.74. The highest BCUT2D eigenvalue weighted by atomic mass is 32.2. The van der Waals surface area contributed by atoms with Gasteiger partial charge in [0.1, 0.15) is 0 Å². The van der Waals surface area contributed by atoms with Gasteiger partial charge in [0.25, 0.3) is 11.6 Å². The molecule has 28 heavy (non-hydrogen) atoms. The van der Waals surface area contributed by atoms with E-state index >= 15 is 0 Å². The Labute approximate surface area is 167 Å². The number of aromatic nitrogens is 1. The van der Waals surface area contributed by atoms with Gasteiger partial charge in [0.05, 0.1) is 9.82 Å².